The zero-order valence-corrected chi connectivity index (χ0v) is 18.9. The molecule has 3 rings (SSSR count). The lowest BCUT2D eigenvalue weighted by Gasteiger charge is -2.19. The summed E-state index contributed by atoms with van der Waals surface area (Å²) >= 11 is 0. The molecule has 0 heterocycles. The Morgan fingerprint density at radius 1 is 0.848 bits per heavy atom. The van der Waals surface area contributed by atoms with E-state index in [1.165, 1.54) is 6.92 Å². The smallest absolute Gasteiger partial charge is 0.325 e. The second kappa shape index (κ2) is 11.7. The van der Waals surface area contributed by atoms with E-state index in [1.54, 1.807) is 0 Å². The number of hydrogen-bond acceptors (Lipinski definition) is 4. The highest BCUT2D eigenvalue weighted by molar-refractivity contribution is 5.83. The number of carbonyl (C=O) groups is 2. The van der Waals surface area contributed by atoms with Gasteiger partial charge in [-0.1, -0.05) is 73.7 Å². The number of aliphatic carboxylic acids is 1. The van der Waals surface area contributed by atoms with Crippen LogP contribution < -0.4 is 14.8 Å². The van der Waals surface area contributed by atoms with E-state index in [1.807, 2.05) is 85.8 Å². The Bertz CT molecular complexity index is 1050. The Hall–Kier alpha value is -3.80. The number of carboxylic acids is 1. The van der Waals surface area contributed by atoms with Crippen LogP contribution in [0.1, 0.15) is 42.9 Å². The van der Waals surface area contributed by atoms with Crippen molar-refractivity contribution in [2.24, 2.45) is 0 Å². The van der Waals surface area contributed by atoms with Gasteiger partial charge in [0.1, 0.15) is 30.8 Å². The summed E-state index contributed by atoms with van der Waals surface area (Å²) in [7, 11) is 0. The average Bonchev–Trinajstić information content (AvgIpc) is 2.82. The van der Waals surface area contributed by atoms with Crippen LogP contribution in [0.4, 0.5) is 0 Å². The SMILES string of the molecule is CC(CC(=O)N[C@H](C)C(=O)O)c1ccc(OCc2ccccc2)cc1OCc1ccccc1. The average molecular weight is 448 g/mol. The Morgan fingerprint density at radius 3 is 2.00 bits per heavy atom. The van der Waals surface area contributed by atoms with E-state index in [-0.39, 0.29) is 18.2 Å². The normalized spacial score (nSPS) is 12.4. The molecule has 0 bridgehead atoms. The molecule has 0 fully saturated rings. The number of benzene rings is 3. The van der Waals surface area contributed by atoms with E-state index in [0.717, 1.165) is 16.7 Å². The van der Waals surface area contributed by atoms with Gasteiger partial charge in [0, 0.05) is 12.5 Å². The molecule has 1 amide bonds. The number of nitrogens with one attached hydrogen (secondary N) is 1. The maximum atomic E-state index is 12.3. The van der Waals surface area contributed by atoms with Gasteiger partial charge in [-0.3, -0.25) is 9.59 Å². The molecular formula is C27H29NO5. The molecule has 1 unspecified atom stereocenters. The third-order valence-electron chi connectivity index (χ3n) is 5.24. The molecule has 0 aliphatic carbocycles. The monoisotopic (exact) mass is 447 g/mol. The summed E-state index contributed by atoms with van der Waals surface area (Å²) in [6.45, 7) is 4.17. The minimum Gasteiger partial charge on any atom is -0.489 e. The Balaban J connectivity index is 1.75. The number of ether oxygens (including phenoxy) is 2. The van der Waals surface area contributed by atoms with Crippen molar-refractivity contribution in [3.8, 4) is 11.5 Å². The molecule has 33 heavy (non-hydrogen) atoms. The quantitative estimate of drug-likeness (QED) is 0.435. The summed E-state index contributed by atoms with van der Waals surface area (Å²) in [6, 6.07) is 24.4. The number of amides is 1. The summed E-state index contributed by atoms with van der Waals surface area (Å²) < 4.78 is 12.1. The highest BCUT2D eigenvalue weighted by Gasteiger charge is 2.20. The molecular weight excluding hydrogens is 418 g/mol. The Labute approximate surface area is 194 Å². The molecule has 6 heteroatoms. The van der Waals surface area contributed by atoms with Crippen molar-refractivity contribution in [1.29, 1.82) is 0 Å². The molecule has 0 radical (unpaired) electrons. The van der Waals surface area contributed by atoms with E-state index in [9.17, 15) is 9.59 Å². The van der Waals surface area contributed by atoms with Gasteiger partial charge in [0.2, 0.25) is 5.91 Å². The van der Waals surface area contributed by atoms with Gasteiger partial charge in [-0.2, -0.15) is 0 Å². The first kappa shape index (κ1) is 23.9. The lowest BCUT2D eigenvalue weighted by atomic mass is 9.96. The number of carboxylic acid groups (broad SMARTS) is 1. The third-order valence-corrected chi connectivity index (χ3v) is 5.24. The van der Waals surface area contributed by atoms with Crippen molar-refractivity contribution in [3.05, 3.63) is 95.6 Å². The second-order valence-electron chi connectivity index (χ2n) is 7.98. The van der Waals surface area contributed by atoms with Crippen LogP contribution in [-0.4, -0.2) is 23.0 Å². The molecule has 0 aromatic heterocycles. The molecule has 3 aromatic rings. The summed E-state index contributed by atoms with van der Waals surface area (Å²) in [5, 5.41) is 11.5. The van der Waals surface area contributed by atoms with Gasteiger partial charge in [-0.25, -0.2) is 0 Å². The van der Waals surface area contributed by atoms with Gasteiger partial charge >= 0.3 is 5.97 Å². The minimum absolute atomic E-state index is 0.142. The zero-order chi connectivity index (χ0) is 23.6. The van der Waals surface area contributed by atoms with Gasteiger partial charge < -0.3 is 19.9 Å². The van der Waals surface area contributed by atoms with E-state index in [4.69, 9.17) is 14.6 Å². The molecule has 2 N–H and O–H groups in total. The van der Waals surface area contributed by atoms with Crippen molar-refractivity contribution in [1.82, 2.24) is 5.32 Å². The first-order chi connectivity index (χ1) is 15.9. The van der Waals surface area contributed by atoms with Gasteiger partial charge in [0.05, 0.1) is 0 Å². The van der Waals surface area contributed by atoms with Crippen LogP contribution in [-0.2, 0) is 22.8 Å². The predicted octanol–water partition coefficient (Wildman–Crippen LogP) is 4.93. The summed E-state index contributed by atoms with van der Waals surface area (Å²) in [5.74, 6) is -0.267. The van der Waals surface area contributed by atoms with Gasteiger partial charge in [0.15, 0.2) is 0 Å². The van der Waals surface area contributed by atoms with E-state index in [2.05, 4.69) is 5.32 Å². The lowest BCUT2D eigenvalue weighted by molar-refractivity contribution is -0.141. The van der Waals surface area contributed by atoms with Crippen molar-refractivity contribution < 1.29 is 24.2 Å². The summed E-state index contributed by atoms with van der Waals surface area (Å²) in [5.41, 5.74) is 2.95. The summed E-state index contributed by atoms with van der Waals surface area (Å²) in [6.07, 6.45) is 0.142. The first-order valence-electron chi connectivity index (χ1n) is 10.9. The fraction of sp³-hybridized carbons (Fsp3) is 0.259. The summed E-state index contributed by atoms with van der Waals surface area (Å²) in [4.78, 5) is 23.3. The van der Waals surface area contributed by atoms with Gasteiger partial charge in [-0.05, 0) is 35.6 Å². The maximum Gasteiger partial charge on any atom is 0.325 e. The Kier molecular flexibility index (Phi) is 8.47. The number of carbonyl (C=O) groups excluding carboxylic acids is 1. The highest BCUT2D eigenvalue weighted by Crippen LogP contribution is 2.33. The van der Waals surface area contributed by atoms with E-state index in [0.29, 0.717) is 24.7 Å². The topological polar surface area (TPSA) is 84.9 Å². The lowest BCUT2D eigenvalue weighted by Crippen LogP contribution is -2.38. The molecule has 0 aliphatic heterocycles. The minimum atomic E-state index is -1.07. The van der Waals surface area contributed by atoms with Gasteiger partial charge in [-0.15, -0.1) is 0 Å². The van der Waals surface area contributed by atoms with Crippen LogP contribution in [0.5, 0.6) is 11.5 Å². The van der Waals surface area contributed by atoms with Crippen LogP contribution in [0.3, 0.4) is 0 Å². The molecule has 6 nitrogen and oxygen atoms in total. The fourth-order valence-corrected chi connectivity index (χ4v) is 3.36. The van der Waals surface area contributed by atoms with Crippen molar-refractivity contribution in [2.45, 2.75) is 45.4 Å². The van der Waals surface area contributed by atoms with E-state index < -0.39 is 12.0 Å². The molecule has 2 atom stereocenters. The standard InChI is InChI=1S/C27H29NO5/c1-19(15-26(29)28-20(2)27(30)31)24-14-13-23(32-17-21-9-5-3-6-10-21)16-25(24)33-18-22-11-7-4-8-12-22/h3-14,16,19-20H,15,17-18H2,1-2H3,(H,28,29)(H,30,31)/t19?,20-/m1/s1. The Morgan fingerprint density at radius 2 is 1.42 bits per heavy atom. The number of hydrogen-bond donors (Lipinski definition) is 2. The molecule has 0 spiro atoms. The van der Waals surface area contributed by atoms with E-state index >= 15 is 0 Å². The number of rotatable bonds is 11. The van der Waals surface area contributed by atoms with Crippen molar-refractivity contribution >= 4 is 11.9 Å². The molecule has 0 saturated heterocycles. The molecule has 0 aliphatic rings. The van der Waals surface area contributed by atoms with Crippen LogP contribution >= 0.6 is 0 Å². The zero-order valence-electron chi connectivity index (χ0n) is 18.9. The maximum absolute atomic E-state index is 12.3. The van der Waals surface area contributed by atoms with Crippen molar-refractivity contribution in [2.75, 3.05) is 0 Å². The van der Waals surface area contributed by atoms with Crippen LogP contribution in [0, 0.1) is 0 Å². The molecule has 0 saturated carbocycles. The highest BCUT2D eigenvalue weighted by atomic mass is 16.5. The van der Waals surface area contributed by atoms with Crippen LogP contribution in [0.25, 0.3) is 0 Å². The first-order valence-corrected chi connectivity index (χ1v) is 10.9. The molecule has 3 aromatic carbocycles. The van der Waals surface area contributed by atoms with Gasteiger partial charge in [0.25, 0.3) is 0 Å². The fourth-order valence-electron chi connectivity index (χ4n) is 3.36. The largest absolute Gasteiger partial charge is 0.489 e. The second-order valence-corrected chi connectivity index (χ2v) is 7.98. The van der Waals surface area contributed by atoms with Crippen LogP contribution in [0.15, 0.2) is 78.9 Å². The predicted molar refractivity (Wildman–Crippen MR) is 126 cm³/mol. The van der Waals surface area contributed by atoms with Crippen LogP contribution in [0.2, 0.25) is 0 Å². The van der Waals surface area contributed by atoms with Crippen molar-refractivity contribution in [3.63, 3.8) is 0 Å². The molecule has 172 valence electrons. The third kappa shape index (κ3) is 7.38.